The molecule has 2 aromatic heterocycles. The van der Waals surface area contributed by atoms with Crippen LogP contribution >= 0.6 is 0 Å². The number of amides is 1. The Morgan fingerprint density at radius 2 is 1.64 bits per heavy atom. The summed E-state index contributed by atoms with van der Waals surface area (Å²) in [4.78, 5) is 32.6. The van der Waals surface area contributed by atoms with Crippen molar-refractivity contribution in [3.8, 4) is 17.2 Å². The normalized spacial score (nSPS) is 14.1. The first kappa shape index (κ1) is 21.1. The summed E-state index contributed by atoms with van der Waals surface area (Å²) in [5.74, 6) is 0.864. The highest BCUT2D eigenvalue weighted by molar-refractivity contribution is 6.07. The molecule has 1 N–H and O–H groups in total. The molecule has 0 unspecified atom stereocenters. The fourth-order valence-electron chi connectivity index (χ4n) is 4.77. The molecule has 33 heavy (non-hydrogen) atoms. The Morgan fingerprint density at radius 3 is 2.33 bits per heavy atom. The van der Waals surface area contributed by atoms with E-state index in [1.807, 2.05) is 36.1 Å². The van der Waals surface area contributed by atoms with Crippen molar-refractivity contribution in [2.45, 2.75) is 26.2 Å². The van der Waals surface area contributed by atoms with Crippen LogP contribution < -0.4 is 15.0 Å². The van der Waals surface area contributed by atoms with Crippen LogP contribution in [0.3, 0.4) is 0 Å². The van der Waals surface area contributed by atoms with E-state index in [1.54, 1.807) is 30.0 Å². The molecule has 0 spiro atoms. The monoisotopic (exact) mass is 445 g/mol. The summed E-state index contributed by atoms with van der Waals surface area (Å²) >= 11 is 0. The molecular formula is C26H27N3O4. The van der Waals surface area contributed by atoms with Gasteiger partial charge in [-0.15, -0.1) is 0 Å². The number of pyridine rings is 1. The Morgan fingerprint density at radius 1 is 0.939 bits per heavy atom. The highest BCUT2D eigenvalue weighted by Crippen LogP contribution is 2.34. The summed E-state index contributed by atoms with van der Waals surface area (Å²) in [5.41, 5.74) is 2.94. The van der Waals surface area contributed by atoms with E-state index in [9.17, 15) is 9.59 Å². The lowest BCUT2D eigenvalue weighted by molar-refractivity contribution is 0.0725. The van der Waals surface area contributed by atoms with Gasteiger partial charge in [0, 0.05) is 41.3 Å². The number of methoxy groups -OCH3 is 2. The van der Waals surface area contributed by atoms with Gasteiger partial charge >= 0.3 is 0 Å². The second-order valence-corrected chi connectivity index (χ2v) is 8.51. The summed E-state index contributed by atoms with van der Waals surface area (Å²) in [7, 11) is 3.08. The van der Waals surface area contributed by atoms with E-state index in [4.69, 9.17) is 9.47 Å². The molecule has 0 bridgehead atoms. The molecule has 7 heteroatoms. The number of likely N-dealkylation sites (tertiary alicyclic amines) is 1. The number of ether oxygens (including phenoxy) is 2. The molecule has 0 radical (unpaired) electrons. The molecule has 7 nitrogen and oxygen atoms in total. The Labute approximate surface area is 191 Å². The van der Waals surface area contributed by atoms with Gasteiger partial charge in [0.05, 0.1) is 30.9 Å². The van der Waals surface area contributed by atoms with E-state index in [-0.39, 0.29) is 11.5 Å². The number of aromatic nitrogens is 2. The number of hydrogen-bond acceptors (Lipinski definition) is 4. The Kier molecular flexibility index (Phi) is 5.32. The van der Waals surface area contributed by atoms with E-state index in [2.05, 4.69) is 4.98 Å². The number of H-pyrrole nitrogens is 1. The maximum atomic E-state index is 13.7. The van der Waals surface area contributed by atoms with Gasteiger partial charge in [-0.1, -0.05) is 6.07 Å². The molecule has 2 aromatic carbocycles. The minimum Gasteiger partial charge on any atom is -0.493 e. The summed E-state index contributed by atoms with van der Waals surface area (Å²) < 4.78 is 12.5. The maximum Gasteiger partial charge on any atom is 0.263 e. The second kappa shape index (κ2) is 8.31. The number of piperidine rings is 1. The highest BCUT2D eigenvalue weighted by atomic mass is 16.5. The number of fused-ring (bicyclic) bond motifs is 2. The predicted octanol–water partition coefficient (Wildman–Crippen LogP) is 4.42. The summed E-state index contributed by atoms with van der Waals surface area (Å²) in [5, 5.41) is 1.91. The van der Waals surface area contributed by atoms with Crippen LogP contribution in [0.15, 0.2) is 47.4 Å². The van der Waals surface area contributed by atoms with Gasteiger partial charge in [-0.3, -0.25) is 14.2 Å². The van der Waals surface area contributed by atoms with Gasteiger partial charge in [0.2, 0.25) is 0 Å². The van der Waals surface area contributed by atoms with Crippen LogP contribution in [-0.2, 0) is 0 Å². The molecule has 3 heterocycles. The minimum atomic E-state index is -0.215. The zero-order chi connectivity index (χ0) is 23.1. The Hall–Kier alpha value is -3.74. The Balaban J connectivity index is 1.82. The Bertz CT molecular complexity index is 1430. The molecule has 0 saturated carbocycles. The lowest BCUT2D eigenvalue weighted by Crippen LogP contribution is -2.36. The molecule has 1 saturated heterocycles. The number of carbonyl (C=O) groups is 1. The zero-order valence-electron chi connectivity index (χ0n) is 19.1. The van der Waals surface area contributed by atoms with Crippen molar-refractivity contribution in [2.75, 3.05) is 27.3 Å². The van der Waals surface area contributed by atoms with E-state index in [0.29, 0.717) is 27.8 Å². The average Bonchev–Trinajstić information content (AvgIpc) is 3.24. The van der Waals surface area contributed by atoms with Crippen molar-refractivity contribution < 1.29 is 14.3 Å². The van der Waals surface area contributed by atoms with Crippen LogP contribution in [0.5, 0.6) is 11.5 Å². The third-order valence-electron chi connectivity index (χ3n) is 6.43. The molecule has 0 atom stereocenters. The van der Waals surface area contributed by atoms with Crippen molar-refractivity contribution in [1.29, 1.82) is 0 Å². The molecule has 1 fully saturated rings. The quantitative estimate of drug-likeness (QED) is 0.504. The molecule has 1 aliphatic heterocycles. The number of carbonyl (C=O) groups excluding carboxylic acids is 1. The van der Waals surface area contributed by atoms with Crippen LogP contribution in [0.4, 0.5) is 0 Å². The molecule has 4 aromatic rings. The SMILES string of the molecule is COc1cc2c(C(=O)N3CCCCC3)cn(-c3cccc4[nH]c(C)cc34)c(=O)c2cc1OC. The molecule has 170 valence electrons. The first-order valence-corrected chi connectivity index (χ1v) is 11.2. The van der Waals surface area contributed by atoms with Crippen molar-refractivity contribution in [1.82, 2.24) is 14.5 Å². The number of aromatic amines is 1. The van der Waals surface area contributed by atoms with Crippen molar-refractivity contribution in [3.63, 3.8) is 0 Å². The third-order valence-corrected chi connectivity index (χ3v) is 6.43. The van der Waals surface area contributed by atoms with Gasteiger partial charge in [-0.05, 0) is 56.5 Å². The van der Waals surface area contributed by atoms with Crippen LogP contribution in [0.1, 0.15) is 35.3 Å². The minimum absolute atomic E-state index is 0.0712. The van der Waals surface area contributed by atoms with Crippen molar-refractivity contribution in [2.24, 2.45) is 0 Å². The first-order valence-electron chi connectivity index (χ1n) is 11.2. The van der Waals surface area contributed by atoms with Gasteiger partial charge in [0.25, 0.3) is 11.5 Å². The van der Waals surface area contributed by atoms with Crippen molar-refractivity contribution in [3.05, 3.63) is 64.2 Å². The second-order valence-electron chi connectivity index (χ2n) is 8.51. The predicted molar refractivity (Wildman–Crippen MR) is 129 cm³/mol. The van der Waals surface area contributed by atoms with Gasteiger partial charge in [-0.2, -0.15) is 0 Å². The summed E-state index contributed by atoms with van der Waals surface area (Å²) in [6, 6.07) is 11.2. The van der Waals surface area contributed by atoms with Gasteiger partial charge < -0.3 is 19.4 Å². The topological polar surface area (TPSA) is 76.6 Å². The lowest BCUT2D eigenvalue weighted by Gasteiger charge is -2.27. The van der Waals surface area contributed by atoms with Gasteiger partial charge in [0.1, 0.15) is 0 Å². The number of rotatable bonds is 4. The van der Waals surface area contributed by atoms with Gasteiger partial charge in [-0.25, -0.2) is 0 Å². The fourth-order valence-corrected chi connectivity index (χ4v) is 4.77. The van der Waals surface area contributed by atoms with E-state index < -0.39 is 0 Å². The van der Waals surface area contributed by atoms with Crippen LogP contribution in [0, 0.1) is 6.92 Å². The van der Waals surface area contributed by atoms with E-state index in [1.165, 1.54) is 7.11 Å². The molecule has 0 aliphatic carbocycles. The number of nitrogens with zero attached hydrogens (tertiary/aromatic N) is 2. The maximum absolute atomic E-state index is 13.7. The molecule has 5 rings (SSSR count). The van der Waals surface area contributed by atoms with Crippen LogP contribution in [0.25, 0.3) is 27.4 Å². The number of nitrogens with one attached hydrogen (secondary N) is 1. The number of aryl methyl sites for hydroxylation is 1. The van der Waals surface area contributed by atoms with Crippen molar-refractivity contribution >= 4 is 27.6 Å². The standard InChI is InChI=1S/C26H27N3O4/c1-16-12-19-21(27-16)8-7-9-22(19)29-15-20(25(30)28-10-5-4-6-11-28)17-13-23(32-2)24(33-3)14-18(17)26(29)31/h7-9,12-15,27H,4-6,10-11H2,1-3H3. The molecular weight excluding hydrogens is 418 g/mol. The highest BCUT2D eigenvalue weighted by Gasteiger charge is 2.24. The summed E-state index contributed by atoms with van der Waals surface area (Å²) in [6.45, 7) is 3.42. The van der Waals surface area contributed by atoms with Gasteiger partial charge in [0.15, 0.2) is 11.5 Å². The zero-order valence-corrected chi connectivity index (χ0v) is 19.1. The number of benzene rings is 2. The number of hydrogen-bond donors (Lipinski definition) is 1. The van der Waals surface area contributed by atoms with E-state index >= 15 is 0 Å². The lowest BCUT2D eigenvalue weighted by atomic mass is 10.0. The molecule has 1 aliphatic rings. The molecule has 1 amide bonds. The van der Waals surface area contributed by atoms with Crippen LogP contribution in [0.2, 0.25) is 0 Å². The smallest absolute Gasteiger partial charge is 0.263 e. The average molecular weight is 446 g/mol. The third kappa shape index (κ3) is 3.53. The van der Waals surface area contributed by atoms with E-state index in [0.717, 1.165) is 54.6 Å². The first-order chi connectivity index (χ1) is 16.0. The van der Waals surface area contributed by atoms with Crippen LogP contribution in [-0.4, -0.2) is 47.7 Å². The summed E-state index contributed by atoms with van der Waals surface area (Å²) in [6.07, 6.45) is 4.79. The largest absolute Gasteiger partial charge is 0.493 e. The fraction of sp³-hybridized carbons (Fsp3) is 0.308.